The average Bonchev–Trinajstić information content (AvgIpc) is 2.54. The number of hydrogen-bond donors (Lipinski definition) is 2. The van der Waals surface area contributed by atoms with E-state index in [0.29, 0.717) is 0 Å². The Kier molecular flexibility index (Phi) is 4.37. The van der Waals surface area contributed by atoms with E-state index in [1.54, 1.807) is 12.1 Å². The average molecular weight is 333 g/mol. The molecule has 0 saturated carbocycles. The minimum atomic E-state index is -3.92. The molecule has 4 N–H and O–H groups in total. The van der Waals surface area contributed by atoms with Gasteiger partial charge in [0.05, 0.1) is 16.1 Å². The normalized spacial score (nSPS) is 11.0. The van der Waals surface area contributed by atoms with Gasteiger partial charge in [-0.15, -0.1) is 0 Å². The van der Waals surface area contributed by atoms with Crippen molar-refractivity contribution in [3.05, 3.63) is 59.7 Å². The molecule has 0 saturated heterocycles. The number of nitrogens with zero attached hydrogens (tertiary/aromatic N) is 1. The Hall–Kier alpha value is -2.87. The molecular formula is C15H15N3O4S. The SMILES string of the molecule is CN(c1ccccc1C(N)=O)S(=O)(=O)c1ccc(C(N)=O)cc1. The highest BCUT2D eigenvalue weighted by molar-refractivity contribution is 7.92. The first kappa shape index (κ1) is 16.5. The second kappa shape index (κ2) is 6.09. The summed E-state index contributed by atoms with van der Waals surface area (Å²) in [6.45, 7) is 0. The van der Waals surface area contributed by atoms with Crippen LogP contribution >= 0.6 is 0 Å². The number of anilines is 1. The van der Waals surface area contributed by atoms with Crippen molar-refractivity contribution in [2.75, 3.05) is 11.4 Å². The standard InChI is InChI=1S/C15H15N3O4S/c1-18(13-5-3-2-4-12(13)15(17)20)23(21,22)11-8-6-10(7-9-11)14(16)19/h2-9H,1H3,(H2,16,19)(H2,17,20). The number of amides is 2. The van der Waals surface area contributed by atoms with Crippen LogP contribution in [0.4, 0.5) is 5.69 Å². The third kappa shape index (κ3) is 3.16. The highest BCUT2D eigenvalue weighted by atomic mass is 32.2. The zero-order valence-corrected chi connectivity index (χ0v) is 13.1. The molecule has 2 aromatic carbocycles. The smallest absolute Gasteiger partial charge is 0.264 e. The van der Waals surface area contributed by atoms with E-state index in [1.807, 2.05) is 0 Å². The molecular weight excluding hydrogens is 318 g/mol. The molecule has 0 radical (unpaired) electrons. The number of primary amides is 2. The van der Waals surface area contributed by atoms with E-state index in [4.69, 9.17) is 11.5 Å². The van der Waals surface area contributed by atoms with E-state index in [-0.39, 0.29) is 21.7 Å². The summed E-state index contributed by atoms with van der Waals surface area (Å²) in [6, 6.07) is 11.3. The van der Waals surface area contributed by atoms with Crippen LogP contribution in [0.5, 0.6) is 0 Å². The lowest BCUT2D eigenvalue weighted by Crippen LogP contribution is -2.29. The zero-order chi connectivity index (χ0) is 17.2. The molecule has 0 heterocycles. The molecule has 0 unspecified atom stereocenters. The second-order valence-corrected chi connectivity index (χ2v) is 6.71. The van der Waals surface area contributed by atoms with Crippen LogP contribution in [0.15, 0.2) is 53.4 Å². The molecule has 0 bridgehead atoms. The summed E-state index contributed by atoms with van der Waals surface area (Å²) >= 11 is 0. The van der Waals surface area contributed by atoms with Gasteiger partial charge in [-0.3, -0.25) is 13.9 Å². The molecule has 0 atom stereocenters. The summed E-state index contributed by atoms with van der Waals surface area (Å²) in [7, 11) is -2.60. The molecule has 2 rings (SSSR count). The van der Waals surface area contributed by atoms with Crippen molar-refractivity contribution in [3.8, 4) is 0 Å². The molecule has 23 heavy (non-hydrogen) atoms. The Labute approximate surface area is 133 Å². The lowest BCUT2D eigenvalue weighted by Gasteiger charge is -2.21. The third-order valence-corrected chi connectivity index (χ3v) is 5.09. The fraction of sp³-hybridized carbons (Fsp3) is 0.0667. The van der Waals surface area contributed by atoms with Gasteiger partial charge in [-0.05, 0) is 36.4 Å². The van der Waals surface area contributed by atoms with E-state index in [2.05, 4.69) is 0 Å². The van der Waals surface area contributed by atoms with Crippen LogP contribution in [0.3, 0.4) is 0 Å². The summed E-state index contributed by atoms with van der Waals surface area (Å²) < 4.78 is 26.3. The quantitative estimate of drug-likeness (QED) is 0.836. The predicted octanol–water partition coefficient (Wildman–Crippen LogP) is 0.710. The van der Waals surface area contributed by atoms with Crippen LogP contribution in [0.25, 0.3) is 0 Å². The van der Waals surface area contributed by atoms with Crippen molar-refractivity contribution in [1.82, 2.24) is 0 Å². The van der Waals surface area contributed by atoms with E-state index in [1.165, 1.54) is 43.4 Å². The van der Waals surface area contributed by atoms with Crippen molar-refractivity contribution in [1.29, 1.82) is 0 Å². The van der Waals surface area contributed by atoms with Crippen LogP contribution < -0.4 is 15.8 Å². The first-order valence-corrected chi connectivity index (χ1v) is 7.97. The Balaban J connectivity index is 2.47. The fourth-order valence-electron chi connectivity index (χ4n) is 2.04. The molecule has 2 aromatic rings. The Morgan fingerprint density at radius 1 is 0.913 bits per heavy atom. The minimum Gasteiger partial charge on any atom is -0.366 e. The number of hydrogen-bond acceptors (Lipinski definition) is 4. The van der Waals surface area contributed by atoms with Crippen molar-refractivity contribution in [3.63, 3.8) is 0 Å². The first-order valence-electron chi connectivity index (χ1n) is 6.53. The number of rotatable bonds is 5. The van der Waals surface area contributed by atoms with Gasteiger partial charge >= 0.3 is 0 Å². The van der Waals surface area contributed by atoms with Gasteiger partial charge in [-0.2, -0.15) is 0 Å². The molecule has 8 heteroatoms. The Morgan fingerprint density at radius 2 is 1.48 bits per heavy atom. The number of nitrogens with two attached hydrogens (primary N) is 2. The van der Waals surface area contributed by atoms with Crippen LogP contribution in [0.2, 0.25) is 0 Å². The van der Waals surface area contributed by atoms with Crippen LogP contribution in [0.1, 0.15) is 20.7 Å². The number of benzene rings is 2. The Morgan fingerprint density at radius 3 is 2.00 bits per heavy atom. The summed E-state index contributed by atoms with van der Waals surface area (Å²) in [5.74, 6) is -1.38. The van der Waals surface area contributed by atoms with Gasteiger partial charge in [0.25, 0.3) is 15.9 Å². The van der Waals surface area contributed by atoms with E-state index < -0.39 is 21.8 Å². The number of carbonyl (C=O) groups is 2. The zero-order valence-electron chi connectivity index (χ0n) is 12.3. The largest absolute Gasteiger partial charge is 0.366 e. The highest BCUT2D eigenvalue weighted by Gasteiger charge is 2.24. The van der Waals surface area contributed by atoms with Crippen molar-refractivity contribution >= 4 is 27.5 Å². The van der Waals surface area contributed by atoms with Crippen LogP contribution in [-0.2, 0) is 10.0 Å². The lowest BCUT2D eigenvalue weighted by atomic mass is 10.2. The maximum Gasteiger partial charge on any atom is 0.264 e. The van der Waals surface area contributed by atoms with Crippen molar-refractivity contribution < 1.29 is 18.0 Å². The molecule has 0 spiro atoms. The molecule has 0 aliphatic carbocycles. The summed E-state index contributed by atoms with van der Waals surface area (Å²) in [5, 5.41) is 0. The van der Waals surface area contributed by atoms with E-state index >= 15 is 0 Å². The predicted molar refractivity (Wildman–Crippen MR) is 85.5 cm³/mol. The van der Waals surface area contributed by atoms with Gasteiger partial charge in [0.15, 0.2) is 0 Å². The summed E-state index contributed by atoms with van der Waals surface area (Å²) in [5.41, 5.74) is 10.9. The van der Waals surface area contributed by atoms with Gasteiger partial charge in [-0.25, -0.2) is 8.42 Å². The summed E-state index contributed by atoms with van der Waals surface area (Å²) in [6.07, 6.45) is 0. The van der Waals surface area contributed by atoms with Gasteiger partial charge in [0.1, 0.15) is 0 Å². The topological polar surface area (TPSA) is 124 Å². The maximum atomic E-state index is 12.6. The molecule has 120 valence electrons. The van der Waals surface area contributed by atoms with Gasteiger partial charge < -0.3 is 11.5 Å². The molecule has 0 aliphatic rings. The molecule has 0 aliphatic heterocycles. The Bertz CT molecular complexity index is 861. The fourth-order valence-corrected chi connectivity index (χ4v) is 3.25. The number of sulfonamides is 1. The molecule has 7 nitrogen and oxygen atoms in total. The van der Waals surface area contributed by atoms with Crippen LogP contribution in [-0.4, -0.2) is 27.3 Å². The highest BCUT2D eigenvalue weighted by Crippen LogP contribution is 2.25. The monoisotopic (exact) mass is 333 g/mol. The number of carbonyl (C=O) groups excluding carboxylic acids is 2. The molecule has 2 amide bonds. The van der Waals surface area contributed by atoms with E-state index in [0.717, 1.165) is 4.31 Å². The third-order valence-electron chi connectivity index (χ3n) is 3.31. The second-order valence-electron chi connectivity index (χ2n) is 4.74. The molecule has 0 aromatic heterocycles. The number of para-hydroxylation sites is 1. The van der Waals surface area contributed by atoms with Crippen LogP contribution in [0, 0.1) is 0 Å². The lowest BCUT2D eigenvalue weighted by molar-refractivity contribution is 0.0992. The van der Waals surface area contributed by atoms with E-state index in [9.17, 15) is 18.0 Å². The van der Waals surface area contributed by atoms with Gasteiger partial charge in [0.2, 0.25) is 5.91 Å². The van der Waals surface area contributed by atoms with Gasteiger partial charge in [-0.1, -0.05) is 12.1 Å². The van der Waals surface area contributed by atoms with Crippen molar-refractivity contribution in [2.24, 2.45) is 11.5 Å². The summed E-state index contributed by atoms with van der Waals surface area (Å²) in [4.78, 5) is 22.5. The maximum absolute atomic E-state index is 12.6. The molecule has 0 fully saturated rings. The first-order chi connectivity index (χ1) is 10.7. The minimum absolute atomic E-state index is 0.0377. The van der Waals surface area contributed by atoms with Gasteiger partial charge in [0, 0.05) is 12.6 Å². The van der Waals surface area contributed by atoms with Crippen molar-refractivity contribution in [2.45, 2.75) is 4.90 Å².